The van der Waals surface area contributed by atoms with Crippen LogP contribution >= 0.6 is 0 Å². The number of ether oxygens (including phenoxy) is 1. The zero-order valence-electron chi connectivity index (χ0n) is 14.9. The minimum absolute atomic E-state index is 0.173. The number of nitrogens with one attached hydrogen (secondary N) is 2. The first-order chi connectivity index (χ1) is 12.3. The van der Waals surface area contributed by atoms with E-state index in [0.717, 1.165) is 6.07 Å². The van der Waals surface area contributed by atoms with Gasteiger partial charge in [-0.15, -0.1) is 0 Å². The van der Waals surface area contributed by atoms with Crippen LogP contribution in [0.25, 0.3) is 0 Å². The Morgan fingerprint density at radius 1 is 1.12 bits per heavy atom. The summed E-state index contributed by atoms with van der Waals surface area (Å²) >= 11 is 0. The van der Waals surface area contributed by atoms with Crippen molar-refractivity contribution >= 4 is 23.2 Å². The summed E-state index contributed by atoms with van der Waals surface area (Å²) in [5.41, 5.74) is 6.75. The number of hydrogen-bond donors (Lipinski definition) is 3. The maximum atomic E-state index is 13.3. The molecule has 0 aliphatic rings. The maximum absolute atomic E-state index is 13.3. The monoisotopic (exact) mass is 359 g/mol. The lowest BCUT2D eigenvalue weighted by molar-refractivity contribution is -0.119. The summed E-state index contributed by atoms with van der Waals surface area (Å²) in [5.74, 6) is -1.19. The van der Waals surface area contributed by atoms with Gasteiger partial charge in [-0.1, -0.05) is 13.0 Å². The van der Waals surface area contributed by atoms with E-state index < -0.39 is 11.7 Å². The molecule has 0 heterocycles. The van der Waals surface area contributed by atoms with Gasteiger partial charge in [-0.25, -0.2) is 4.39 Å². The second-order valence-corrected chi connectivity index (χ2v) is 6.02. The van der Waals surface area contributed by atoms with Crippen molar-refractivity contribution in [3.63, 3.8) is 0 Å². The molecule has 26 heavy (non-hydrogen) atoms. The number of carbonyl (C=O) groups excluding carboxylic acids is 2. The Morgan fingerprint density at radius 2 is 1.85 bits per heavy atom. The van der Waals surface area contributed by atoms with Crippen LogP contribution in [0, 0.1) is 11.7 Å². The Kier molecular flexibility index (Phi) is 6.30. The quantitative estimate of drug-likeness (QED) is 0.739. The topological polar surface area (TPSA) is 93.4 Å². The second kappa shape index (κ2) is 8.44. The highest BCUT2D eigenvalue weighted by atomic mass is 19.1. The van der Waals surface area contributed by atoms with E-state index in [0.29, 0.717) is 17.1 Å². The zero-order chi connectivity index (χ0) is 19.3. The molecule has 6 nitrogen and oxygen atoms in total. The van der Waals surface area contributed by atoms with E-state index in [1.54, 1.807) is 32.0 Å². The van der Waals surface area contributed by atoms with E-state index in [-0.39, 0.29) is 23.4 Å². The van der Waals surface area contributed by atoms with Crippen molar-refractivity contribution in [1.82, 2.24) is 0 Å². The normalized spacial score (nSPS) is 12.8. The number of halogens is 1. The molecular weight excluding hydrogens is 337 g/mol. The van der Waals surface area contributed by atoms with E-state index >= 15 is 0 Å². The van der Waals surface area contributed by atoms with Crippen LogP contribution in [0.2, 0.25) is 0 Å². The van der Waals surface area contributed by atoms with Crippen molar-refractivity contribution in [2.75, 3.05) is 17.7 Å². The molecule has 0 aliphatic carbocycles. The largest absolute Gasteiger partial charge is 0.495 e. The molecule has 2 aromatic rings. The second-order valence-electron chi connectivity index (χ2n) is 6.02. The molecule has 2 aromatic carbocycles. The predicted molar refractivity (Wildman–Crippen MR) is 98.8 cm³/mol. The molecule has 0 spiro atoms. The van der Waals surface area contributed by atoms with Gasteiger partial charge in [-0.2, -0.15) is 0 Å². The van der Waals surface area contributed by atoms with E-state index in [2.05, 4.69) is 10.6 Å². The highest BCUT2D eigenvalue weighted by molar-refractivity contribution is 6.05. The number of anilines is 2. The van der Waals surface area contributed by atoms with Gasteiger partial charge in [-0.3, -0.25) is 9.59 Å². The Labute approximate surface area is 151 Å². The van der Waals surface area contributed by atoms with E-state index in [9.17, 15) is 14.0 Å². The van der Waals surface area contributed by atoms with Crippen LogP contribution in [-0.2, 0) is 4.79 Å². The fourth-order valence-electron chi connectivity index (χ4n) is 2.20. The fraction of sp³-hybridized carbons (Fsp3) is 0.263. The van der Waals surface area contributed by atoms with Crippen LogP contribution in [0.3, 0.4) is 0 Å². The molecule has 2 amide bonds. The first-order valence-electron chi connectivity index (χ1n) is 8.13. The Hall–Kier alpha value is -2.93. The smallest absolute Gasteiger partial charge is 0.255 e. The summed E-state index contributed by atoms with van der Waals surface area (Å²) in [6, 6.07) is 9.90. The summed E-state index contributed by atoms with van der Waals surface area (Å²) in [4.78, 5) is 24.5. The number of rotatable bonds is 6. The van der Waals surface area contributed by atoms with E-state index in [1.165, 1.54) is 25.3 Å². The van der Waals surface area contributed by atoms with Crippen LogP contribution in [0.5, 0.6) is 5.75 Å². The molecule has 2 atom stereocenters. The van der Waals surface area contributed by atoms with Gasteiger partial charge < -0.3 is 21.1 Å². The number of amides is 2. The Balaban J connectivity index is 2.21. The van der Waals surface area contributed by atoms with Crippen LogP contribution in [0.15, 0.2) is 42.5 Å². The fourth-order valence-corrected chi connectivity index (χ4v) is 2.20. The van der Waals surface area contributed by atoms with Gasteiger partial charge in [0.1, 0.15) is 11.6 Å². The lowest BCUT2D eigenvalue weighted by atomic mass is 10.0. The molecule has 138 valence electrons. The first kappa shape index (κ1) is 19.4. The van der Waals surface area contributed by atoms with Crippen molar-refractivity contribution in [1.29, 1.82) is 0 Å². The van der Waals surface area contributed by atoms with E-state index in [4.69, 9.17) is 10.5 Å². The zero-order valence-corrected chi connectivity index (χ0v) is 14.9. The molecular formula is C19H22FN3O3. The molecule has 0 aliphatic heterocycles. The molecule has 0 bridgehead atoms. The maximum Gasteiger partial charge on any atom is 0.255 e. The molecule has 2 rings (SSSR count). The molecule has 0 saturated heterocycles. The summed E-state index contributed by atoms with van der Waals surface area (Å²) < 4.78 is 18.5. The van der Waals surface area contributed by atoms with Gasteiger partial charge in [0.05, 0.1) is 18.7 Å². The van der Waals surface area contributed by atoms with Gasteiger partial charge in [-0.05, 0) is 43.3 Å². The SMILES string of the molecule is COc1ccc(NC(=O)C(C)C(C)N)cc1NC(=O)c1cccc(F)c1. The van der Waals surface area contributed by atoms with Crippen molar-refractivity contribution in [2.24, 2.45) is 11.7 Å². The van der Waals surface area contributed by atoms with Crippen molar-refractivity contribution in [3.05, 3.63) is 53.8 Å². The lowest BCUT2D eigenvalue weighted by Gasteiger charge is -2.17. The van der Waals surface area contributed by atoms with E-state index in [1.807, 2.05) is 0 Å². The van der Waals surface area contributed by atoms with Crippen molar-refractivity contribution in [2.45, 2.75) is 19.9 Å². The molecule has 4 N–H and O–H groups in total. The number of hydrogen-bond acceptors (Lipinski definition) is 4. The molecule has 0 fully saturated rings. The number of nitrogens with two attached hydrogens (primary N) is 1. The molecule has 0 saturated carbocycles. The van der Waals surface area contributed by atoms with Crippen LogP contribution in [-0.4, -0.2) is 25.0 Å². The Morgan fingerprint density at radius 3 is 2.46 bits per heavy atom. The summed E-state index contributed by atoms with van der Waals surface area (Å²) in [5, 5.41) is 5.42. The molecule has 2 unspecified atom stereocenters. The molecule has 7 heteroatoms. The van der Waals surface area contributed by atoms with Gasteiger partial charge in [0.2, 0.25) is 5.91 Å². The average molecular weight is 359 g/mol. The summed E-state index contributed by atoms with van der Waals surface area (Å²) in [6.45, 7) is 3.49. The average Bonchev–Trinajstić information content (AvgIpc) is 2.61. The van der Waals surface area contributed by atoms with Gasteiger partial charge in [0, 0.05) is 17.3 Å². The van der Waals surface area contributed by atoms with Crippen LogP contribution in [0.1, 0.15) is 24.2 Å². The summed E-state index contributed by atoms with van der Waals surface area (Å²) in [6.07, 6.45) is 0. The van der Waals surface area contributed by atoms with Crippen LogP contribution in [0.4, 0.5) is 15.8 Å². The minimum atomic E-state index is -0.504. The minimum Gasteiger partial charge on any atom is -0.495 e. The van der Waals surface area contributed by atoms with Gasteiger partial charge in [0.25, 0.3) is 5.91 Å². The summed E-state index contributed by atoms with van der Waals surface area (Å²) in [7, 11) is 1.46. The lowest BCUT2D eigenvalue weighted by Crippen LogP contribution is -2.34. The molecule has 0 radical (unpaired) electrons. The Bertz CT molecular complexity index is 808. The highest BCUT2D eigenvalue weighted by Crippen LogP contribution is 2.28. The molecule has 0 aromatic heterocycles. The van der Waals surface area contributed by atoms with Crippen LogP contribution < -0.4 is 21.1 Å². The first-order valence-corrected chi connectivity index (χ1v) is 8.13. The van der Waals surface area contributed by atoms with Gasteiger partial charge >= 0.3 is 0 Å². The predicted octanol–water partition coefficient (Wildman–Crippen LogP) is 3.01. The van der Waals surface area contributed by atoms with Crippen molar-refractivity contribution < 1.29 is 18.7 Å². The highest BCUT2D eigenvalue weighted by Gasteiger charge is 2.18. The number of carbonyl (C=O) groups is 2. The standard InChI is InChI=1S/C19H22FN3O3/c1-11(12(2)21)18(24)22-15-7-8-17(26-3)16(10-15)23-19(25)13-5-4-6-14(20)9-13/h4-12H,21H2,1-3H3,(H,22,24)(H,23,25). The number of benzene rings is 2. The van der Waals surface area contributed by atoms with Gasteiger partial charge in [0.15, 0.2) is 0 Å². The third-order valence-corrected chi connectivity index (χ3v) is 4.00. The third kappa shape index (κ3) is 4.80. The van der Waals surface area contributed by atoms with Crippen molar-refractivity contribution in [3.8, 4) is 5.75 Å². The third-order valence-electron chi connectivity index (χ3n) is 4.00. The number of methoxy groups -OCH3 is 1.